The number of esters is 1. The van der Waals surface area contributed by atoms with E-state index in [4.69, 9.17) is 9.47 Å². The van der Waals surface area contributed by atoms with Crippen LogP contribution in [-0.2, 0) is 0 Å². The molecule has 0 spiro atoms. The van der Waals surface area contributed by atoms with Gasteiger partial charge in [-0.15, -0.1) is 0 Å². The molecule has 3 nitrogen and oxygen atoms in total. The predicted molar refractivity (Wildman–Crippen MR) is 81.3 cm³/mol. The van der Waals surface area contributed by atoms with E-state index in [2.05, 4.69) is 15.9 Å². The van der Waals surface area contributed by atoms with Gasteiger partial charge in [-0.05, 0) is 60.1 Å². The van der Waals surface area contributed by atoms with Gasteiger partial charge in [0.15, 0.2) is 0 Å². The summed E-state index contributed by atoms with van der Waals surface area (Å²) in [7, 11) is 0. The van der Waals surface area contributed by atoms with E-state index in [-0.39, 0.29) is 6.10 Å². The molecule has 0 aliphatic heterocycles. The summed E-state index contributed by atoms with van der Waals surface area (Å²) in [5.74, 6) is 0.834. The van der Waals surface area contributed by atoms with Crippen molar-refractivity contribution in [2.24, 2.45) is 0 Å². The van der Waals surface area contributed by atoms with Crippen molar-refractivity contribution < 1.29 is 14.3 Å². The molecule has 4 heteroatoms. The third kappa shape index (κ3) is 3.84. The Morgan fingerprint density at radius 1 is 1.10 bits per heavy atom. The topological polar surface area (TPSA) is 35.5 Å². The Balaban J connectivity index is 2.13. The van der Waals surface area contributed by atoms with Crippen LogP contribution in [0.25, 0.3) is 0 Å². The van der Waals surface area contributed by atoms with Crippen LogP contribution in [-0.4, -0.2) is 12.1 Å². The normalized spacial score (nSPS) is 10.4. The molecule has 2 aromatic rings. The number of carbonyl (C=O) groups excluding carboxylic acids is 1. The first-order valence-electron chi connectivity index (χ1n) is 6.29. The zero-order valence-electron chi connectivity index (χ0n) is 11.3. The van der Waals surface area contributed by atoms with Crippen LogP contribution in [0.4, 0.5) is 0 Å². The molecule has 0 amide bonds. The maximum atomic E-state index is 12.0. The summed E-state index contributed by atoms with van der Waals surface area (Å²) in [6.07, 6.45) is 0.0772. The molecular weight excluding hydrogens is 320 g/mol. The summed E-state index contributed by atoms with van der Waals surface area (Å²) in [6, 6.07) is 14.1. The van der Waals surface area contributed by atoms with Gasteiger partial charge in [-0.25, -0.2) is 4.79 Å². The molecule has 0 aliphatic rings. The average molecular weight is 335 g/mol. The van der Waals surface area contributed by atoms with Gasteiger partial charge in [-0.2, -0.15) is 0 Å². The van der Waals surface area contributed by atoms with Crippen LogP contribution in [0.1, 0.15) is 24.2 Å². The van der Waals surface area contributed by atoms with E-state index < -0.39 is 5.97 Å². The van der Waals surface area contributed by atoms with Crippen molar-refractivity contribution in [1.29, 1.82) is 0 Å². The molecular formula is C16H15BrO3. The SMILES string of the molecule is CC(C)Oc1ccc(C(=O)Oc2ccccc2)cc1Br. The molecule has 0 aromatic heterocycles. The van der Waals surface area contributed by atoms with E-state index in [9.17, 15) is 4.79 Å². The molecule has 0 N–H and O–H groups in total. The maximum Gasteiger partial charge on any atom is 0.343 e. The number of para-hydroxylation sites is 1. The van der Waals surface area contributed by atoms with Gasteiger partial charge in [0, 0.05) is 0 Å². The van der Waals surface area contributed by atoms with Gasteiger partial charge < -0.3 is 9.47 Å². The van der Waals surface area contributed by atoms with Gasteiger partial charge >= 0.3 is 5.97 Å². The third-order valence-electron chi connectivity index (χ3n) is 2.48. The van der Waals surface area contributed by atoms with Gasteiger partial charge in [0.1, 0.15) is 11.5 Å². The molecule has 104 valence electrons. The highest BCUT2D eigenvalue weighted by atomic mass is 79.9. The van der Waals surface area contributed by atoms with Crippen molar-refractivity contribution in [2.75, 3.05) is 0 Å². The van der Waals surface area contributed by atoms with Crippen molar-refractivity contribution in [1.82, 2.24) is 0 Å². The fourth-order valence-electron chi connectivity index (χ4n) is 1.63. The van der Waals surface area contributed by atoms with E-state index in [0.29, 0.717) is 17.1 Å². The van der Waals surface area contributed by atoms with Gasteiger partial charge in [0.25, 0.3) is 0 Å². The molecule has 0 unspecified atom stereocenters. The van der Waals surface area contributed by atoms with Crippen LogP contribution in [0.5, 0.6) is 11.5 Å². The summed E-state index contributed by atoms with van der Waals surface area (Å²) < 4.78 is 11.6. The Kier molecular flexibility index (Phi) is 4.79. The highest BCUT2D eigenvalue weighted by Crippen LogP contribution is 2.27. The second-order valence-electron chi connectivity index (χ2n) is 4.51. The van der Waals surface area contributed by atoms with E-state index in [0.717, 1.165) is 4.47 Å². The van der Waals surface area contributed by atoms with Crippen molar-refractivity contribution >= 4 is 21.9 Å². The lowest BCUT2D eigenvalue weighted by Crippen LogP contribution is -2.10. The first kappa shape index (κ1) is 14.6. The van der Waals surface area contributed by atoms with Gasteiger partial charge in [-0.3, -0.25) is 0 Å². The Morgan fingerprint density at radius 2 is 1.80 bits per heavy atom. The highest BCUT2D eigenvalue weighted by molar-refractivity contribution is 9.10. The van der Waals surface area contributed by atoms with Crippen LogP contribution < -0.4 is 9.47 Å². The molecule has 0 heterocycles. The molecule has 0 atom stereocenters. The zero-order chi connectivity index (χ0) is 14.5. The largest absolute Gasteiger partial charge is 0.490 e. The number of hydrogen-bond acceptors (Lipinski definition) is 3. The number of halogens is 1. The Hall–Kier alpha value is -1.81. The second-order valence-corrected chi connectivity index (χ2v) is 5.37. The Bertz CT molecular complexity index is 594. The highest BCUT2D eigenvalue weighted by Gasteiger charge is 2.12. The summed E-state index contributed by atoms with van der Waals surface area (Å²) in [4.78, 5) is 12.0. The number of carbonyl (C=O) groups is 1. The third-order valence-corrected chi connectivity index (χ3v) is 3.10. The monoisotopic (exact) mass is 334 g/mol. The average Bonchev–Trinajstić information content (AvgIpc) is 2.41. The summed E-state index contributed by atoms with van der Waals surface area (Å²) >= 11 is 3.40. The molecule has 20 heavy (non-hydrogen) atoms. The van der Waals surface area contributed by atoms with Crippen molar-refractivity contribution in [2.45, 2.75) is 20.0 Å². The molecule has 0 fully saturated rings. The van der Waals surface area contributed by atoms with E-state index in [1.807, 2.05) is 32.0 Å². The van der Waals surface area contributed by atoms with E-state index >= 15 is 0 Å². The number of rotatable bonds is 4. The number of ether oxygens (including phenoxy) is 2. The molecule has 0 aliphatic carbocycles. The second kappa shape index (κ2) is 6.57. The Morgan fingerprint density at radius 3 is 2.40 bits per heavy atom. The lowest BCUT2D eigenvalue weighted by molar-refractivity contribution is 0.0734. The fourth-order valence-corrected chi connectivity index (χ4v) is 2.10. The first-order valence-corrected chi connectivity index (χ1v) is 7.09. The van der Waals surface area contributed by atoms with Crippen LogP contribution in [0, 0.1) is 0 Å². The standard InChI is InChI=1S/C16H15BrO3/c1-11(2)19-15-9-8-12(10-14(15)17)16(18)20-13-6-4-3-5-7-13/h3-11H,1-2H3. The lowest BCUT2D eigenvalue weighted by Gasteiger charge is -2.12. The van der Waals surface area contributed by atoms with Crippen LogP contribution >= 0.6 is 15.9 Å². The molecule has 2 rings (SSSR count). The Labute approximate surface area is 126 Å². The predicted octanol–water partition coefficient (Wildman–Crippen LogP) is 4.46. The van der Waals surface area contributed by atoms with Gasteiger partial charge in [0.2, 0.25) is 0 Å². The summed E-state index contributed by atoms with van der Waals surface area (Å²) in [6.45, 7) is 3.90. The minimum atomic E-state index is -0.395. The van der Waals surface area contributed by atoms with Crippen LogP contribution in [0.3, 0.4) is 0 Å². The molecule has 0 saturated carbocycles. The molecule has 0 saturated heterocycles. The summed E-state index contributed by atoms with van der Waals surface area (Å²) in [5.41, 5.74) is 0.469. The summed E-state index contributed by atoms with van der Waals surface area (Å²) in [5, 5.41) is 0. The van der Waals surface area contributed by atoms with E-state index in [1.165, 1.54) is 0 Å². The maximum absolute atomic E-state index is 12.0. The first-order chi connectivity index (χ1) is 9.56. The van der Waals surface area contributed by atoms with Crippen molar-refractivity contribution in [3.8, 4) is 11.5 Å². The quantitative estimate of drug-likeness (QED) is 0.611. The number of benzene rings is 2. The molecule has 0 radical (unpaired) electrons. The minimum absolute atomic E-state index is 0.0772. The van der Waals surface area contributed by atoms with Crippen LogP contribution in [0.15, 0.2) is 53.0 Å². The fraction of sp³-hybridized carbons (Fsp3) is 0.188. The molecule has 2 aromatic carbocycles. The van der Waals surface area contributed by atoms with Crippen LogP contribution in [0.2, 0.25) is 0 Å². The molecule has 0 bridgehead atoms. The van der Waals surface area contributed by atoms with Crippen molar-refractivity contribution in [3.05, 3.63) is 58.6 Å². The van der Waals surface area contributed by atoms with Gasteiger partial charge in [-0.1, -0.05) is 18.2 Å². The van der Waals surface area contributed by atoms with Gasteiger partial charge in [0.05, 0.1) is 16.1 Å². The zero-order valence-corrected chi connectivity index (χ0v) is 12.9. The lowest BCUT2D eigenvalue weighted by atomic mass is 10.2. The van der Waals surface area contributed by atoms with E-state index in [1.54, 1.807) is 30.3 Å². The smallest absolute Gasteiger partial charge is 0.343 e. The minimum Gasteiger partial charge on any atom is -0.490 e. The number of hydrogen-bond donors (Lipinski definition) is 0. The van der Waals surface area contributed by atoms with Crippen molar-refractivity contribution in [3.63, 3.8) is 0 Å².